The van der Waals surface area contributed by atoms with Crippen molar-refractivity contribution in [3.63, 3.8) is 0 Å². The van der Waals surface area contributed by atoms with E-state index in [-0.39, 0.29) is 17.8 Å². The molecule has 1 atom stereocenters. The van der Waals surface area contributed by atoms with Crippen molar-refractivity contribution < 1.29 is 9.18 Å². The quantitative estimate of drug-likeness (QED) is 0.717. The fourth-order valence-electron chi connectivity index (χ4n) is 3.51. The summed E-state index contributed by atoms with van der Waals surface area (Å²) in [6.07, 6.45) is 3.32. The molecule has 1 amide bonds. The normalized spacial score (nSPS) is 16.8. The molecule has 0 aliphatic carbocycles. The van der Waals surface area contributed by atoms with Crippen LogP contribution < -0.4 is 0 Å². The average molecular weight is 370 g/mol. The van der Waals surface area contributed by atoms with Gasteiger partial charge in [-0.2, -0.15) is 5.10 Å². The lowest BCUT2D eigenvalue weighted by Gasteiger charge is -2.25. The lowest BCUT2D eigenvalue weighted by molar-refractivity contribution is 0.0733. The molecule has 1 N–H and O–H groups in total. The van der Waals surface area contributed by atoms with Gasteiger partial charge in [0.1, 0.15) is 5.82 Å². The number of nitrogens with one attached hydrogen (secondary N) is 1. The highest BCUT2D eigenvalue weighted by Gasteiger charge is 2.33. The SMILES string of the molecule is O=C(c1ccc(Cl)cc1)N1CCC[C@H]1c1[nH]ncc1-c1ccccc1F. The third-order valence-electron chi connectivity index (χ3n) is 4.77. The molecule has 4 rings (SSSR count). The van der Waals surface area contributed by atoms with E-state index in [4.69, 9.17) is 11.6 Å². The molecule has 1 aliphatic heterocycles. The van der Waals surface area contributed by atoms with Crippen molar-refractivity contribution in [3.8, 4) is 11.1 Å². The van der Waals surface area contributed by atoms with E-state index in [0.717, 1.165) is 18.5 Å². The average Bonchev–Trinajstić information content (AvgIpc) is 3.31. The van der Waals surface area contributed by atoms with E-state index in [1.165, 1.54) is 6.07 Å². The second-order valence-electron chi connectivity index (χ2n) is 6.34. The molecule has 0 radical (unpaired) electrons. The van der Waals surface area contributed by atoms with Gasteiger partial charge in [-0.15, -0.1) is 0 Å². The van der Waals surface area contributed by atoms with Crippen molar-refractivity contribution in [1.82, 2.24) is 15.1 Å². The number of H-pyrrole nitrogens is 1. The minimum absolute atomic E-state index is 0.0572. The van der Waals surface area contributed by atoms with E-state index in [0.29, 0.717) is 28.3 Å². The first kappa shape index (κ1) is 16.8. The Hall–Kier alpha value is -2.66. The monoisotopic (exact) mass is 369 g/mol. The number of carbonyl (C=O) groups is 1. The number of amides is 1. The molecule has 6 heteroatoms. The predicted octanol–water partition coefficient (Wildman–Crippen LogP) is 4.85. The van der Waals surface area contributed by atoms with Crippen LogP contribution in [-0.2, 0) is 0 Å². The smallest absolute Gasteiger partial charge is 0.254 e. The highest BCUT2D eigenvalue weighted by atomic mass is 35.5. The number of rotatable bonds is 3. The summed E-state index contributed by atoms with van der Waals surface area (Å²) in [6, 6.07) is 13.3. The van der Waals surface area contributed by atoms with Crippen LogP contribution in [-0.4, -0.2) is 27.5 Å². The zero-order valence-electron chi connectivity index (χ0n) is 14.0. The van der Waals surface area contributed by atoms with Crippen LogP contribution in [0.15, 0.2) is 54.7 Å². The minimum Gasteiger partial charge on any atom is -0.330 e. The van der Waals surface area contributed by atoms with Gasteiger partial charge < -0.3 is 4.90 Å². The summed E-state index contributed by atoms with van der Waals surface area (Å²) in [5.41, 5.74) is 2.55. The highest BCUT2D eigenvalue weighted by molar-refractivity contribution is 6.30. The van der Waals surface area contributed by atoms with Gasteiger partial charge in [0, 0.05) is 28.3 Å². The summed E-state index contributed by atoms with van der Waals surface area (Å²) < 4.78 is 14.2. The van der Waals surface area contributed by atoms with E-state index in [1.807, 2.05) is 4.90 Å². The van der Waals surface area contributed by atoms with Crippen molar-refractivity contribution >= 4 is 17.5 Å². The van der Waals surface area contributed by atoms with Crippen molar-refractivity contribution in [3.05, 3.63) is 76.8 Å². The standard InChI is InChI=1S/C20H17ClFN3O/c21-14-9-7-13(8-10-14)20(26)25-11-3-6-18(25)19-16(12-23-24-19)15-4-1-2-5-17(15)22/h1-2,4-5,7-10,12,18H,3,6,11H2,(H,23,24)/t18-/m0/s1. The van der Waals surface area contributed by atoms with Gasteiger partial charge in [0.15, 0.2) is 0 Å². The number of nitrogens with zero attached hydrogens (tertiary/aromatic N) is 2. The van der Waals surface area contributed by atoms with Crippen molar-refractivity contribution in [2.75, 3.05) is 6.54 Å². The number of hydrogen-bond acceptors (Lipinski definition) is 2. The topological polar surface area (TPSA) is 49.0 Å². The van der Waals surface area contributed by atoms with Crippen molar-refractivity contribution in [2.24, 2.45) is 0 Å². The fraction of sp³-hybridized carbons (Fsp3) is 0.200. The Morgan fingerprint density at radius 2 is 1.92 bits per heavy atom. The van der Waals surface area contributed by atoms with E-state index < -0.39 is 0 Å². The fourth-order valence-corrected chi connectivity index (χ4v) is 3.64. The van der Waals surface area contributed by atoms with E-state index in [2.05, 4.69) is 10.2 Å². The van der Waals surface area contributed by atoms with Crippen LogP contribution >= 0.6 is 11.6 Å². The zero-order valence-corrected chi connectivity index (χ0v) is 14.7. The summed E-state index contributed by atoms with van der Waals surface area (Å²) in [5, 5.41) is 7.69. The van der Waals surface area contributed by atoms with Crippen LogP contribution in [0.1, 0.15) is 34.9 Å². The second-order valence-corrected chi connectivity index (χ2v) is 6.78. The molecular weight excluding hydrogens is 353 g/mol. The molecule has 1 fully saturated rings. The summed E-state index contributed by atoms with van der Waals surface area (Å²) >= 11 is 5.92. The number of benzene rings is 2. The highest BCUT2D eigenvalue weighted by Crippen LogP contribution is 2.37. The molecule has 0 spiro atoms. The number of aromatic nitrogens is 2. The molecule has 2 aromatic carbocycles. The van der Waals surface area contributed by atoms with Gasteiger partial charge >= 0.3 is 0 Å². The molecular formula is C20H17ClFN3O. The Labute approximate surface area is 155 Å². The molecule has 0 bridgehead atoms. The third-order valence-corrected chi connectivity index (χ3v) is 5.02. The first-order chi connectivity index (χ1) is 12.6. The molecule has 3 aromatic rings. The van der Waals surface area contributed by atoms with Crippen molar-refractivity contribution in [1.29, 1.82) is 0 Å². The molecule has 1 aromatic heterocycles. The minimum atomic E-state index is -0.302. The lowest BCUT2D eigenvalue weighted by Crippen LogP contribution is -2.31. The number of carbonyl (C=O) groups excluding carboxylic acids is 1. The number of aromatic amines is 1. The van der Waals surface area contributed by atoms with Crippen LogP contribution in [0, 0.1) is 5.82 Å². The van der Waals surface area contributed by atoms with E-state index >= 15 is 0 Å². The maximum Gasteiger partial charge on any atom is 0.254 e. The third kappa shape index (κ3) is 2.99. The molecule has 4 nitrogen and oxygen atoms in total. The van der Waals surface area contributed by atoms with Crippen molar-refractivity contribution in [2.45, 2.75) is 18.9 Å². The summed E-state index contributed by atoms with van der Waals surface area (Å²) in [4.78, 5) is 14.8. The number of likely N-dealkylation sites (tertiary alicyclic amines) is 1. The van der Waals surface area contributed by atoms with Gasteiger partial charge in [0.25, 0.3) is 5.91 Å². The Kier molecular flexibility index (Phi) is 4.47. The van der Waals surface area contributed by atoms with Gasteiger partial charge in [-0.1, -0.05) is 29.8 Å². The van der Waals surface area contributed by atoms with Gasteiger partial charge in [-0.3, -0.25) is 9.89 Å². The Bertz CT molecular complexity index is 938. The molecule has 1 saturated heterocycles. The molecule has 0 unspecified atom stereocenters. The first-order valence-corrected chi connectivity index (χ1v) is 8.87. The van der Waals surface area contributed by atoms with Crippen LogP contribution in [0.5, 0.6) is 0 Å². The Morgan fingerprint density at radius 1 is 1.15 bits per heavy atom. The number of hydrogen-bond donors (Lipinski definition) is 1. The van der Waals surface area contributed by atoms with Gasteiger partial charge in [0.2, 0.25) is 0 Å². The van der Waals surface area contributed by atoms with E-state index in [9.17, 15) is 9.18 Å². The molecule has 2 heterocycles. The summed E-state index contributed by atoms with van der Waals surface area (Å²) in [5.74, 6) is -0.359. The van der Waals surface area contributed by atoms with Gasteiger partial charge in [0.05, 0.1) is 17.9 Å². The number of halogens is 2. The van der Waals surface area contributed by atoms with Gasteiger partial charge in [-0.05, 0) is 43.2 Å². The Balaban J connectivity index is 1.68. The zero-order chi connectivity index (χ0) is 18.1. The molecule has 1 aliphatic rings. The second kappa shape index (κ2) is 6.92. The first-order valence-electron chi connectivity index (χ1n) is 8.50. The van der Waals surface area contributed by atoms with Crippen LogP contribution in [0.3, 0.4) is 0 Å². The predicted molar refractivity (Wildman–Crippen MR) is 98.4 cm³/mol. The van der Waals surface area contributed by atoms with Crippen LogP contribution in [0.25, 0.3) is 11.1 Å². The maximum absolute atomic E-state index is 14.2. The van der Waals surface area contributed by atoms with Crippen LogP contribution in [0.2, 0.25) is 5.02 Å². The Morgan fingerprint density at radius 3 is 2.69 bits per heavy atom. The summed E-state index contributed by atoms with van der Waals surface area (Å²) in [7, 11) is 0. The molecule has 26 heavy (non-hydrogen) atoms. The van der Waals surface area contributed by atoms with Crippen LogP contribution in [0.4, 0.5) is 4.39 Å². The van der Waals surface area contributed by atoms with Gasteiger partial charge in [-0.25, -0.2) is 4.39 Å². The maximum atomic E-state index is 14.2. The van der Waals surface area contributed by atoms with E-state index in [1.54, 1.807) is 48.7 Å². The lowest BCUT2D eigenvalue weighted by atomic mass is 10.00. The molecule has 132 valence electrons. The molecule has 0 saturated carbocycles. The summed E-state index contributed by atoms with van der Waals surface area (Å²) in [6.45, 7) is 0.655. The largest absolute Gasteiger partial charge is 0.330 e.